The molecule has 2 aliphatic heterocycles. The summed E-state index contributed by atoms with van der Waals surface area (Å²) in [5.41, 5.74) is 1.64. The molecule has 1 saturated heterocycles. The monoisotopic (exact) mass is 471 g/mol. The van der Waals surface area contributed by atoms with Gasteiger partial charge in [0.15, 0.2) is 11.5 Å². The van der Waals surface area contributed by atoms with Crippen molar-refractivity contribution in [3.05, 3.63) is 28.5 Å². The van der Waals surface area contributed by atoms with E-state index >= 15 is 0 Å². The second kappa shape index (κ2) is 7.23. The molecule has 1 spiro atoms. The zero-order valence-electron chi connectivity index (χ0n) is 18.4. The Morgan fingerprint density at radius 2 is 2.00 bits per heavy atom. The number of aromatic hydroxyl groups is 1. The molecule has 2 saturated carbocycles. The molecule has 1 aromatic rings. The molecule has 5 aliphatic rings. The number of likely N-dealkylation sites (tertiary alicyclic amines) is 1. The lowest BCUT2D eigenvalue weighted by atomic mass is 9.49. The SMILES string of the molecule is CO[C@@]12CCC[C@@H]3Oc4c(O)ccc5c4C31CC[N+]([O-])(CC1CC1)[C@@H]2C5.O=C(O)C(F)(F)F. The first-order valence-corrected chi connectivity index (χ1v) is 11.4. The minimum atomic E-state index is -5.08. The van der Waals surface area contributed by atoms with Crippen molar-refractivity contribution < 1.29 is 42.3 Å². The van der Waals surface area contributed by atoms with Crippen LogP contribution in [-0.4, -0.2) is 65.0 Å². The van der Waals surface area contributed by atoms with Crippen molar-refractivity contribution in [2.24, 2.45) is 5.92 Å². The molecule has 182 valence electrons. The maximum Gasteiger partial charge on any atom is 0.490 e. The summed E-state index contributed by atoms with van der Waals surface area (Å²) in [5.74, 6) is -1.25. The highest BCUT2D eigenvalue weighted by atomic mass is 19.4. The first-order chi connectivity index (χ1) is 15.5. The molecule has 0 aromatic heterocycles. The number of phenols is 1. The van der Waals surface area contributed by atoms with Gasteiger partial charge in [-0.05, 0) is 43.7 Å². The third-order valence-electron chi connectivity index (χ3n) is 8.52. The number of nitrogens with zero attached hydrogens (tertiary/aromatic N) is 1. The van der Waals surface area contributed by atoms with Gasteiger partial charge in [-0.1, -0.05) is 6.07 Å². The lowest BCUT2D eigenvalue weighted by Gasteiger charge is -2.68. The molecule has 2 bridgehead atoms. The normalized spacial score (nSPS) is 38.0. The van der Waals surface area contributed by atoms with Crippen LogP contribution in [0.3, 0.4) is 0 Å². The van der Waals surface area contributed by atoms with Crippen LogP contribution in [0.1, 0.15) is 49.7 Å². The van der Waals surface area contributed by atoms with E-state index in [0.717, 1.165) is 44.2 Å². The molecule has 3 fully saturated rings. The first kappa shape index (κ1) is 22.7. The molecule has 2 unspecified atom stereocenters. The quantitative estimate of drug-likeness (QED) is 0.516. The zero-order chi connectivity index (χ0) is 23.8. The Labute approximate surface area is 189 Å². The molecule has 2 N–H and O–H groups in total. The molecular formula is C23H28F3NO6. The number of rotatable bonds is 3. The van der Waals surface area contributed by atoms with Gasteiger partial charge in [-0.2, -0.15) is 13.2 Å². The Bertz CT molecular complexity index is 982. The van der Waals surface area contributed by atoms with E-state index in [0.29, 0.717) is 18.2 Å². The molecule has 5 atom stereocenters. The summed E-state index contributed by atoms with van der Waals surface area (Å²) < 4.78 is 44.4. The largest absolute Gasteiger partial charge is 0.632 e. The molecule has 3 aliphatic carbocycles. The van der Waals surface area contributed by atoms with Crippen molar-refractivity contribution in [2.45, 2.75) is 74.3 Å². The Morgan fingerprint density at radius 3 is 2.61 bits per heavy atom. The number of aliphatic carboxylic acids is 1. The van der Waals surface area contributed by atoms with Gasteiger partial charge in [0, 0.05) is 31.4 Å². The van der Waals surface area contributed by atoms with E-state index in [2.05, 4.69) is 0 Å². The summed E-state index contributed by atoms with van der Waals surface area (Å²) in [7, 11) is 1.80. The fraction of sp³-hybridized carbons (Fsp3) is 0.696. The van der Waals surface area contributed by atoms with Crippen LogP contribution < -0.4 is 4.74 Å². The number of carboxylic acid groups (broad SMARTS) is 1. The van der Waals surface area contributed by atoms with E-state index in [1.54, 1.807) is 13.2 Å². The van der Waals surface area contributed by atoms with Crippen LogP contribution in [0, 0.1) is 11.1 Å². The highest BCUT2D eigenvalue weighted by molar-refractivity contribution is 5.73. The maximum absolute atomic E-state index is 14.1. The van der Waals surface area contributed by atoms with Gasteiger partial charge in [0.2, 0.25) is 0 Å². The molecule has 10 heteroatoms. The van der Waals surface area contributed by atoms with Gasteiger partial charge < -0.3 is 29.5 Å². The highest BCUT2D eigenvalue weighted by Gasteiger charge is 2.75. The van der Waals surface area contributed by atoms with Crippen molar-refractivity contribution in [2.75, 3.05) is 20.2 Å². The number of hydrogen-bond donors (Lipinski definition) is 2. The van der Waals surface area contributed by atoms with E-state index in [9.17, 15) is 23.5 Å². The zero-order valence-corrected chi connectivity index (χ0v) is 18.4. The number of hydrogen-bond acceptors (Lipinski definition) is 5. The minimum absolute atomic E-state index is 0.0238. The predicted molar refractivity (Wildman–Crippen MR) is 110 cm³/mol. The lowest BCUT2D eigenvalue weighted by molar-refractivity contribution is -0.924. The third-order valence-corrected chi connectivity index (χ3v) is 8.52. The van der Waals surface area contributed by atoms with Crippen LogP contribution in [0.5, 0.6) is 11.5 Å². The van der Waals surface area contributed by atoms with Crippen molar-refractivity contribution in [3.8, 4) is 11.5 Å². The van der Waals surface area contributed by atoms with Crippen molar-refractivity contribution in [3.63, 3.8) is 0 Å². The molecule has 6 rings (SSSR count). The van der Waals surface area contributed by atoms with E-state index in [-0.39, 0.29) is 28.0 Å². The second-order valence-electron chi connectivity index (χ2n) is 10.1. The van der Waals surface area contributed by atoms with Crippen molar-refractivity contribution in [1.29, 1.82) is 0 Å². The van der Waals surface area contributed by atoms with E-state index < -0.39 is 17.7 Å². The summed E-state index contributed by atoms with van der Waals surface area (Å²) in [4.78, 5) is 8.90. The standard InChI is InChI=1S/C21H27NO4.C2HF3O2/c1-25-21-8-2-3-17-20(21)9-10-22(24,12-13-4-5-13)16(21)11-14-6-7-15(23)19(26-17)18(14)20;3-2(4,5)1(6)7/h6-7,13,16-17,23H,2-5,8-12H2,1H3;(H,6,7)/t16-,17+,20?,21-,22?;/m1./s1. The summed E-state index contributed by atoms with van der Waals surface area (Å²) >= 11 is 0. The number of benzene rings is 1. The third kappa shape index (κ3) is 3.10. The second-order valence-corrected chi connectivity index (χ2v) is 10.1. The molecule has 7 nitrogen and oxygen atoms in total. The van der Waals surface area contributed by atoms with Crippen LogP contribution >= 0.6 is 0 Å². The van der Waals surface area contributed by atoms with Gasteiger partial charge in [-0.25, -0.2) is 4.79 Å². The van der Waals surface area contributed by atoms with Gasteiger partial charge in [-0.15, -0.1) is 0 Å². The Hall–Kier alpha value is -2.04. The topological polar surface area (TPSA) is 99.0 Å². The molecule has 0 radical (unpaired) electrons. The summed E-state index contributed by atoms with van der Waals surface area (Å²) in [6, 6.07) is 3.71. The Kier molecular flexibility index (Phi) is 4.98. The van der Waals surface area contributed by atoms with Gasteiger partial charge in [0.05, 0.1) is 18.5 Å². The average molecular weight is 471 g/mol. The number of alkyl halides is 3. The van der Waals surface area contributed by atoms with Gasteiger partial charge in [0.1, 0.15) is 17.7 Å². The number of ether oxygens (including phenoxy) is 2. The Balaban J connectivity index is 0.000000287. The van der Waals surface area contributed by atoms with Gasteiger partial charge in [-0.3, -0.25) is 0 Å². The number of carbonyl (C=O) groups is 1. The van der Waals surface area contributed by atoms with E-state index in [1.807, 2.05) is 6.07 Å². The van der Waals surface area contributed by atoms with Gasteiger partial charge >= 0.3 is 12.1 Å². The molecule has 2 heterocycles. The molecule has 0 amide bonds. The summed E-state index contributed by atoms with van der Waals surface area (Å²) in [6.07, 6.45) is 1.83. The molecule has 1 aromatic carbocycles. The predicted octanol–water partition coefficient (Wildman–Crippen LogP) is 3.65. The van der Waals surface area contributed by atoms with Crippen LogP contribution in [0.15, 0.2) is 12.1 Å². The van der Waals surface area contributed by atoms with Crippen molar-refractivity contribution >= 4 is 5.97 Å². The fourth-order valence-electron chi connectivity index (χ4n) is 7.14. The van der Waals surface area contributed by atoms with Crippen LogP contribution in [0.25, 0.3) is 0 Å². The van der Waals surface area contributed by atoms with E-state index in [1.165, 1.54) is 18.4 Å². The van der Waals surface area contributed by atoms with E-state index in [4.69, 9.17) is 19.4 Å². The minimum Gasteiger partial charge on any atom is -0.632 e. The fourth-order valence-corrected chi connectivity index (χ4v) is 7.14. The Morgan fingerprint density at radius 1 is 1.30 bits per heavy atom. The first-order valence-electron chi connectivity index (χ1n) is 11.4. The number of piperidine rings is 1. The van der Waals surface area contributed by atoms with Crippen molar-refractivity contribution in [1.82, 2.24) is 0 Å². The van der Waals surface area contributed by atoms with Crippen LogP contribution in [0.2, 0.25) is 0 Å². The summed E-state index contributed by atoms with van der Waals surface area (Å²) in [6.45, 7) is 1.40. The number of carboxylic acids is 1. The van der Waals surface area contributed by atoms with Gasteiger partial charge in [0.25, 0.3) is 0 Å². The number of quaternary nitrogens is 1. The summed E-state index contributed by atoms with van der Waals surface area (Å²) in [5, 5.41) is 31.7. The molecular weight excluding hydrogens is 443 g/mol. The highest BCUT2D eigenvalue weighted by Crippen LogP contribution is 2.67. The number of methoxy groups -OCH3 is 1. The molecule has 33 heavy (non-hydrogen) atoms. The number of hydroxylamine groups is 3. The number of halogens is 3. The smallest absolute Gasteiger partial charge is 0.490 e. The van der Waals surface area contributed by atoms with Crippen LogP contribution in [-0.2, 0) is 21.4 Å². The lowest BCUT2D eigenvalue weighted by Crippen LogP contribution is -2.79. The maximum atomic E-state index is 14.1. The number of phenolic OH excluding ortho intramolecular Hbond substituents is 1. The average Bonchev–Trinajstić information content (AvgIpc) is 3.49. The van der Waals surface area contributed by atoms with Crippen LogP contribution in [0.4, 0.5) is 13.2 Å².